The van der Waals surface area contributed by atoms with Crippen LogP contribution in [-0.2, 0) is 11.3 Å². The largest absolute Gasteiger partial charge is 0.334 e. The van der Waals surface area contributed by atoms with E-state index in [1.54, 1.807) is 0 Å². The van der Waals surface area contributed by atoms with Gasteiger partial charge in [-0.2, -0.15) is 4.98 Å². The number of nitrogens with zero attached hydrogens (tertiary/aromatic N) is 3. The van der Waals surface area contributed by atoms with Crippen molar-refractivity contribution in [3.05, 3.63) is 35.7 Å². The van der Waals surface area contributed by atoms with E-state index in [0.717, 1.165) is 37.8 Å². The number of rotatable bonds is 4. The van der Waals surface area contributed by atoms with Gasteiger partial charge in [-0.15, -0.1) is 0 Å². The van der Waals surface area contributed by atoms with E-state index in [4.69, 9.17) is 4.52 Å². The van der Waals surface area contributed by atoms with Crippen molar-refractivity contribution in [3.63, 3.8) is 0 Å². The second kappa shape index (κ2) is 6.18. The molecule has 1 saturated heterocycles. The van der Waals surface area contributed by atoms with Gasteiger partial charge in [-0.3, -0.25) is 4.90 Å². The molecule has 5 heteroatoms. The second-order valence-electron chi connectivity index (χ2n) is 5.63. The van der Waals surface area contributed by atoms with Gasteiger partial charge in [-0.05, 0) is 45.0 Å². The average molecular weight is 285 g/mol. The SMILES string of the molecule is Cc1ccc(-c2nc(CN3CCC(C=O)CC3)no2)cc1. The van der Waals surface area contributed by atoms with Crippen LogP contribution in [0.5, 0.6) is 0 Å². The molecule has 5 nitrogen and oxygen atoms in total. The summed E-state index contributed by atoms with van der Waals surface area (Å²) in [5.74, 6) is 1.48. The lowest BCUT2D eigenvalue weighted by Gasteiger charge is -2.28. The molecule has 0 spiro atoms. The number of aromatic nitrogens is 2. The number of benzene rings is 1. The zero-order valence-electron chi connectivity index (χ0n) is 12.2. The Balaban J connectivity index is 1.63. The third kappa shape index (κ3) is 3.36. The molecule has 1 aliphatic heterocycles. The molecule has 1 aliphatic rings. The minimum atomic E-state index is 0.217. The number of hydrogen-bond acceptors (Lipinski definition) is 5. The molecule has 0 radical (unpaired) electrons. The quantitative estimate of drug-likeness (QED) is 0.808. The molecule has 3 rings (SSSR count). The summed E-state index contributed by atoms with van der Waals surface area (Å²) in [5.41, 5.74) is 2.15. The summed E-state index contributed by atoms with van der Waals surface area (Å²) in [6.45, 7) is 4.56. The van der Waals surface area contributed by atoms with E-state index in [9.17, 15) is 4.79 Å². The van der Waals surface area contributed by atoms with Crippen molar-refractivity contribution in [2.45, 2.75) is 26.3 Å². The van der Waals surface area contributed by atoms with Crippen molar-refractivity contribution >= 4 is 6.29 Å². The molecule has 1 fully saturated rings. The monoisotopic (exact) mass is 285 g/mol. The molecule has 1 aromatic heterocycles. The lowest BCUT2D eigenvalue weighted by atomic mass is 9.99. The number of aryl methyl sites for hydroxylation is 1. The van der Waals surface area contributed by atoms with Crippen molar-refractivity contribution in [1.29, 1.82) is 0 Å². The molecule has 0 aliphatic carbocycles. The smallest absolute Gasteiger partial charge is 0.257 e. The predicted molar refractivity (Wildman–Crippen MR) is 78.5 cm³/mol. The second-order valence-corrected chi connectivity index (χ2v) is 5.63. The van der Waals surface area contributed by atoms with Gasteiger partial charge in [0.05, 0.1) is 6.54 Å². The van der Waals surface area contributed by atoms with Crippen LogP contribution < -0.4 is 0 Å². The minimum Gasteiger partial charge on any atom is -0.334 e. The summed E-state index contributed by atoms with van der Waals surface area (Å²) in [6.07, 6.45) is 2.92. The van der Waals surface area contributed by atoms with Crippen LogP contribution in [-0.4, -0.2) is 34.4 Å². The van der Waals surface area contributed by atoms with E-state index in [2.05, 4.69) is 15.0 Å². The zero-order chi connectivity index (χ0) is 14.7. The van der Waals surface area contributed by atoms with Crippen LogP contribution >= 0.6 is 0 Å². The van der Waals surface area contributed by atoms with E-state index in [-0.39, 0.29) is 5.92 Å². The van der Waals surface area contributed by atoms with Gasteiger partial charge in [0.15, 0.2) is 5.82 Å². The lowest BCUT2D eigenvalue weighted by molar-refractivity contribution is -0.112. The van der Waals surface area contributed by atoms with Gasteiger partial charge in [0.2, 0.25) is 0 Å². The number of likely N-dealkylation sites (tertiary alicyclic amines) is 1. The fourth-order valence-electron chi connectivity index (χ4n) is 2.58. The molecule has 0 atom stereocenters. The van der Waals surface area contributed by atoms with E-state index in [0.29, 0.717) is 18.3 Å². The van der Waals surface area contributed by atoms with Crippen LogP contribution in [0.25, 0.3) is 11.5 Å². The number of carbonyl (C=O) groups excluding carboxylic acids is 1. The highest BCUT2D eigenvalue weighted by Crippen LogP contribution is 2.20. The van der Waals surface area contributed by atoms with E-state index in [1.807, 2.05) is 31.2 Å². The first-order valence-corrected chi connectivity index (χ1v) is 7.32. The Morgan fingerprint density at radius 1 is 1.29 bits per heavy atom. The number of aldehydes is 1. The third-order valence-corrected chi connectivity index (χ3v) is 3.96. The van der Waals surface area contributed by atoms with Crippen LogP contribution in [0.1, 0.15) is 24.2 Å². The van der Waals surface area contributed by atoms with Gasteiger partial charge in [0.1, 0.15) is 6.29 Å². The van der Waals surface area contributed by atoms with E-state index >= 15 is 0 Å². The minimum absolute atomic E-state index is 0.217. The van der Waals surface area contributed by atoms with Gasteiger partial charge in [-0.1, -0.05) is 22.9 Å². The van der Waals surface area contributed by atoms with E-state index < -0.39 is 0 Å². The first kappa shape index (κ1) is 13.9. The van der Waals surface area contributed by atoms with Crippen LogP contribution in [0.3, 0.4) is 0 Å². The Labute approximate surface area is 124 Å². The fourth-order valence-corrected chi connectivity index (χ4v) is 2.58. The summed E-state index contributed by atoms with van der Waals surface area (Å²) >= 11 is 0. The molecule has 21 heavy (non-hydrogen) atoms. The van der Waals surface area contributed by atoms with Gasteiger partial charge in [-0.25, -0.2) is 0 Å². The first-order valence-electron chi connectivity index (χ1n) is 7.32. The molecule has 0 bridgehead atoms. The maximum absolute atomic E-state index is 10.8. The standard InChI is InChI=1S/C16H19N3O2/c1-12-2-4-14(5-3-12)16-17-15(18-21-16)10-19-8-6-13(11-20)7-9-19/h2-5,11,13H,6-10H2,1H3. The molecule has 0 unspecified atom stereocenters. The maximum Gasteiger partial charge on any atom is 0.257 e. The molecule has 2 aromatic rings. The maximum atomic E-state index is 10.8. The summed E-state index contributed by atoms with van der Waals surface area (Å²) < 4.78 is 5.33. The van der Waals surface area contributed by atoms with Crippen molar-refractivity contribution in [2.75, 3.05) is 13.1 Å². The predicted octanol–water partition coefficient (Wildman–Crippen LogP) is 2.46. The summed E-state index contributed by atoms with van der Waals surface area (Å²) in [5, 5.41) is 4.05. The first-order chi connectivity index (χ1) is 10.2. The zero-order valence-corrected chi connectivity index (χ0v) is 12.2. The van der Waals surface area contributed by atoms with Crippen LogP contribution in [0.15, 0.2) is 28.8 Å². The van der Waals surface area contributed by atoms with E-state index in [1.165, 1.54) is 5.56 Å². The topological polar surface area (TPSA) is 59.2 Å². The Hall–Kier alpha value is -2.01. The number of hydrogen-bond donors (Lipinski definition) is 0. The molecule has 2 heterocycles. The highest BCUT2D eigenvalue weighted by molar-refractivity contribution is 5.54. The summed E-state index contributed by atoms with van der Waals surface area (Å²) in [7, 11) is 0. The Kier molecular flexibility index (Phi) is 4.10. The van der Waals surface area contributed by atoms with Crippen molar-refractivity contribution < 1.29 is 9.32 Å². The van der Waals surface area contributed by atoms with Gasteiger partial charge in [0, 0.05) is 11.5 Å². The van der Waals surface area contributed by atoms with Crippen molar-refractivity contribution in [1.82, 2.24) is 15.0 Å². The van der Waals surface area contributed by atoms with Gasteiger partial charge < -0.3 is 9.32 Å². The number of carbonyl (C=O) groups is 1. The molecule has 110 valence electrons. The fraction of sp³-hybridized carbons (Fsp3) is 0.438. The molecule has 0 saturated carbocycles. The van der Waals surface area contributed by atoms with Gasteiger partial charge in [0.25, 0.3) is 5.89 Å². The highest BCUT2D eigenvalue weighted by atomic mass is 16.5. The molecule has 1 aromatic carbocycles. The van der Waals surface area contributed by atoms with Crippen LogP contribution in [0, 0.1) is 12.8 Å². The van der Waals surface area contributed by atoms with Crippen LogP contribution in [0.2, 0.25) is 0 Å². The Morgan fingerprint density at radius 3 is 2.67 bits per heavy atom. The number of piperidine rings is 1. The van der Waals surface area contributed by atoms with Crippen molar-refractivity contribution in [3.8, 4) is 11.5 Å². The Morgan fingerprint density at radius 2 is 2.00 bits per heavy atom. The Bertz CT molecular complexity index is 598. The molecule has 0 amide bonds. The molecule has 0 N–H and O–H groups in total. The summed E-state index contributed by atoms with van der Waals surface area (Å²) in [6, 6.07) is 8.04. The molecular formula is C16H19N3O2. The van der Waals surface area contributed by atoms with Gasteiger partial charge >= 0.3 is 0 Å². The third-order valence-electron chi connectivity index (χ3n) is 3.96. The molecular weight excluding hydrogens is 266 g/mol. The highest BCUT2D eigenvalue weighted by Gasteiger charge is 2.20. The normalized spacial score (nSPS) is 17.0. The lowest BCUT2D eigenvalue weighted by Crippen LogP contribution is -2.33. The average Bonchev–Trinajstić information content (AvgIpc) is 2.97. The van der Waals surface area contributed by atoms with Crippen LogP contribution in [0.4, 0.5) is 0 Å². The summed E-state index contributed by atoms with van der Waals surface area (Å²) in [4.78, 5) is 17.5. The van der Waals surface area contributed by atoms with Crippen molar-refractivity contribution in [2.24, 2.45) is 5.92 Å².